The second kappa shape index (κ2) is 10.7. The molecule has 0 saturated heterocycles. The van der Waals surface area contributed by atoms with Gasteiger partial charge in [0.15, 0.2) is 5.82 Å². The van der Waals surface area contributed by atoms with Gasteiger partial charge in [0.05, 0.1) is 12.8 Å². The second-order valence-corrected chi connectivity index (χ2v) is 9.18. The van der Waals surface area contributed by atoms with Crippen molar-refractivity contribution in [2.45, 2.75) is 52.6 Å². The third-order valence-electron chi connectivity index (χ3n) is 6.00. The lowest BCUT2D eigenvalue weighted by atomic mass is 10.0. The average molecular weight is 495 g/mol. The summed E-state index contributed by atoms with van der Waals surface area (Å²) in [6.45, 7) is 7.54. The lowest BCUT2D eigenvalue weighted by Crippen LogP contribution is -2.45. The number of rotatable bonds is 10. The number of aromatic amines is 1. The van der Waals surface area contributed by atoms with E-state index in [0.29, 0.717) is 22.9 Å². The Labute approximate surface area is 208 Å². The van der Waals surface area contributed by atoms with E-state index < -0.39 is 17.9 Å². The molecule has 1 aliphatic rings. The minimum absolute atomic E-state index is 0.0336. The van der Waals surface area contributed by atoms with Gasteiger partial charge in [0.2, 0.25) is 17.5 Å². The predicted octanol–water partition coefficient (Wildman–Crippen LogP) is 2.97. The Kier molecular flexibility index (Phi) is 7.47. The van der Waals surface area contributed by atoms with Crippen LogP contribution in [0.25, 0.3) is 22.8 Å². The van der Waals surface area contributed by atoms with E-state index in [1.54, 1.807) is 25.1 Å². The van der Waals surface area contributed by atoms with Crippen molar-refractivity contribution in [2.75, 3.05) is 6.61 Å². The van der Waals surface area contributed by atoms with Crippen molar-refractivity contribution in [1.29, 1.82) is 0 Å². The number of oxazole rings is 1. The molecule has 0 aliphatic heterocycles. The van der Waals surface area contributed by atoms with Crippen LogP contribution >= 0.6 is 0 Å². The first-order valence-electron chi connectivity index (χ1n) is 12.0. The molecule has 1 fully saturated rings. The van der Waals surface area contributed by atoms with Crippen LogP contribution in [0.5, 0.6) is 0 Å². The summed E-state index contributed by atoms with van der Waals surface area (Å²) in [5.41, 5.74) is 1.27. The van der Waals surface area contributed by atoms with E-state index in [2.05, 4.69) is 30.8 Å². The van der Waals surface area contributed by atoms with Gasteiger partial charge >= 0.3 is 5.97 Å². The van der Waals surface area contributed by atoms with Crippen molar-refractivity contribution < 1.29 is 23.5 Å². The normalized spacial score (nSPS) is 14.8. The topological polar surface area (TPSA) is 152 Å². The second-order valence-electron chi connectivity index (χ2n) is 9.18. The monoisotopic (exact) mass is 494 g/mol. The number of esters is 1. The van der Waals surface area contributed by atoms with Crippen LogP contribution in [0.4, 0.5) is 0 Å². The van der Waals surface area contributed by atoms with Gasteiger partial charge in [-0.25, -0.2) is 9.78 Å². The van der Waals surface area contributed by atoms with Gasteiger partial charge in [-0.15, -0.1) is 10.2 Å². The van der Waals surface area contributed by atoms with Crippen molar-refractivity contribution in [3.05, 3.63) is 42.0 Å². The summed E-state index contributed by atoms with van der Waals surface area (Å²) in [4.78, 5) is 44.4. The highest BCUT2D eigenvalue weighted by Gasteiger charge is 2.30. The number of benzene rings is 1. The highest BCUT2D eigenvalue weighted by Crippen LogP contribution is 2.32. The molecule has 11 heteroatoms. The predicted molar refractivity (Wildman–Crippen MR) is 130 cm³/mol. The van der Waals surface area contributed by atoms with Crippen LogP contribution < -0.4 is 10.6 Å². The summed E-state index contributed by atoms with van der Waals surface area (Å²) in [7, 11) is 0. The Morgan fingerprint density at radius 3 is 2.56 bits per heavy atom. The maximum Gasteiger partial charge on any atom is 0.328 e. The van der Waals surface area contributed by atoms with Gasteiger partial charge in [-0.1, -0.05) is 26.0 Å². The van der Waals surface area contributed by atoms with Gasteiger partial charge in [0, 0.05) is 17.2 Å². The molecular weight excluding hydrogens is 464 g/mol. The summed E-state index contributed by atoms with van der Waals surface area (Å²) in [5.74, 6) is -0.267. The SMILES string of the molecule is CCOC(=O)C(NC(=O)c1cnc(-c2cccc(-c3nnc(C(=O)NC(C)C4CC4)[nH]3)c2)o1)C(C)C. The zero-order valence-electron chi connectivity index (χ0n) is 20.7. The molecule has 3 N–H and O–H groups in total. The zero-order chi connectivity index (χ0) is 25.8. The van der Waals surface area contributed by atoms with Crippen molar-refractivity contribution in [2.24, 2.45) is 11.8 Å². The first-order valence-corrected chi connectivity index (χ1v) is 12.0. The Bertz CT molecular complexity index is 1250. The number of hydrogen-bond donors (Lipinski definition) is 3. The highest BCUT2D eigenvalue weighted by atomic mass is 16.5. The first kappa shape index (κ1) is 25.1. The lowest BCUT2D eigenvalue weighted by molar-refractivity contribution is -0.146. The van der Waals surface area contributed by atoms with E-state index in [4.69, 9.17) is 9.15 Å². The number of H-pyrrole nitrogens is 1. The fourth-order valence-electron chi connectivity index (χ4n) is 3.74. The quantitative estimate of drug-likeness (QED) is 0.364. The largest absolute Gasteiger partial charge is 0.464 e. The van der Waals surface area contributed by atoms with Crippen LogP contribution in [0.15, 0.2) is 34.9 Å². The maximum absolute atomic E-state index is 12.7. The van der Waals surface area contributed by atoms with Crippen LogP contribution in [0.2, 0.25) is 0 Å². The van der Waals surface area contributed by atoms with E-state index in [-0.39, 0.29) is 41.9 Å². The summed E-state index contributed by atoms with van der Waals surface area (Å²) in [5, 5.41) is 13.7. The molecule has 190 valence electrons. The smallest absolute Gasteiger partial charge is 0.328 e. The van der Waals surface area contributed by atoms with Gasteiger partial charge in [0.25, 0.3) is 11.8 Å². The molecule has 4 rings (SSSR count). The number of ether oxygens (including phenoxy) is 1. The van der Waals surface area contributed by atoms with Crippen molar-refractivity contribution >= 4 is 17.8 Å². The van der Waals surface area contributed by atoms with Crippen LogP contribution in [0.1, 0.15) is 61.7 Å². The number of hydrogen-bond acceptors (Lipinski definition) is 8. The van der Waals surface area contributed by atoms with Gasteiger partial charge in [-0.05, 0) is 50.7 Å². The Morgan fingerprint density at radius 1 is 1.11 bits per heavy atom. The van der Waals surface area contributed by atoms with Gasteiger partial charge < -0.3 is 24.8 Å². The maximum atomic E-state index is 12.7. The van der Waals surface area contributed by atoms with Gasteiger partial charge in [0.1, 0.15) is 6.04 Å². The standard InChI is InChI=1S/C25H30N6O5/c1-5-35-25(34)19(13(2)3)28-22(32)18-12-26-24(36-18)17-8-6-7-16(11-17)20-29-21(31-30-20)23(33)27-14(4)15-9-10-15/h6-8,11-15,19H,5,9-10H2,1-4H3,(H,27,33)(H,28,32)(H,29,30,31). The Morgan fingerprint density at radius 2 is 1.86 bits per heavy atom. The fraction of sp³-hybridized carbons (Fsp3) is 0.440. The minimum atomic E-state index is -0.806. The Hall–Kier alpha value is -4.02. The number of aromatic nitrogens is 4. The average Bonchev–Trinajstić information content (AvgIpc) is 3.38. The van der Waals surface area contributed by atoms with E-state index in [1.807, 2.05) is 26.8 Å². The molecule has 2 aromatic heterocycles. The molecular formula is C25H30N6O5. The van der Waals surface area contributed by atoms with Crippen LogP contribution in [0.3, 0.4) is 0 Å². The number of nitrogens with zero attached hydrogens (tertiary/aromatic N) is 3. The summed E-state index contributed by atoms with van der Waals surface area (Å²) < 4.78 is 10.7. The van der Waals surface area contributed by atoms with Crippen molar-refractivity contribution in [3.63, 3.8) is 0 Å². The van der Waals surface area contributed by atoms with Crippen molar-refractivity contribution in [1.82, 2.24) is 30.8 Å². The van der Waals surface area contributed by atoms with Gasteiger partial charge in [-0.2, -0.15) is 0 Å². The van der Waals surface area contributed by atoms with E-state index >= 15 is 0 Å². The zero-order valence-corrected chi connectivity index (χ0v) is 20.7. The van der Waals surface area contributed by atoms with E-state index in [9.17, 15) is 14.4 Å². The molecule has 2 atom stereocenters. The number of amides is 2. The molecule has 2 unspecified atom stereocenters. The van der Waals surface area contributed by atoms with E-state index in [1.165, 1.54) is 6.20 Å². The molecule has 36 heavy (non-hydrogen) atoms. The molecule has 2 amide bonds. The molecule has 0 radical (unpaired) electrons. The van der Waals surface area contributed by atoms with Crippen LogP contribution in [-0.2, 0) is 9.53 Å². The molecule has 0 spiro atoms. The van der Waals surface area contributed by atoms with Crippen LogP contribution in [0, 0.1) is 11.8 Å². The molecule has 2 heterocycles. The molecule has 0 bridgehead atoms. The minimum Gasteiger partial charge on any atom is -0.464 e. The van der Waals surface area contributed by atoms with Crippen molar-refractivity contribution in [3.8, 4) is 22.8 Å². The Balaban J connectivity index is 1.46. The molecule has 3 aromatic rings. The number of carbonyl (C=O) groups excluding carboxylic acids is 3. The summed E-state index contributed by atoms with van der Waals surface area (Å²) >= 11 is 0. The third-order valence-corrected chi connectivity index (χ3v) is 6.00. The number of nitrogens with one attached hydrogen (secondary N) is 3. The molecule has 1 saturated carbocycles. The molecule has 1 aliphatic carbocycles. The van der Waals surface area contributed by atoms with Crippen LogP contribution in [-0.4, -0.2) is 56.6 Å². The molecule has 11 nitrogen and oxygen atoms in total. The van der Waals surface area contributed by atoms with Gasteiger partial charge in [-0.3, -0.25) is 9.59 Å². The lowest BCUT2D eigenvalue weighted by Gasteiger charge is -2.19. The van der Waals surface area contributed by atoms with E-state index in [0.717, 1.165) is 12.8 Å². The number of carbonyl (C=O) groups is 3. The summed E-state index contributed by atoms with van der Waals surface area (Å²) in [6, 6.07) is 6.41. The first-order chi connectivity index (χ1) is 17.3. The fourth-order valence-corrected chi connectivity index (χ4v) is 3.74. The summed E-state index contributed by atoms with van der Waals surface area (Å²) in [6.07, 6.45) is 3.56. The third kappa shape index (κ3) is 5.78. The molecule has 1 aromatic carbocycles. The highest BCUT2D eigenvalue weighted by molar-refractivity contribution is 5.94.